The van der Waals surface area contributed by atoms with Crippen LogP contribution in [0.3, 0.4) is 0 Å². The number of nitrogens with zero attached hydrogens (tertiary/aromatic N) is 4. The first-order valence-corrected chi connectivity index (χ1v) is 11.0. The third-order valence-corrected chi connectivity index (χ3v) is 6.03. The Kier molecular flexibility index (Phi) is 6.72. The Hall–Kier alpha value is -3.61. The van der Waals surface area contributed by atoms with Crippen LogP contribution in [0.25, 0.3) is 33.2 Å². The molecule has 0 aliphatic carbocycles. The number of H-pyrrole nitrogens is 2. The van der Waals surface area contributed by atoms with E-state index in [1.165, 1.54) is 23.5 Å². The molecule has 4 aromatic rings. The van der Waals surface area contributed by atoms with Gasteiger partial charge in [-0.25, -0.2) is 14.5 Å². The third kappa shape index (κ3) is 5.30. The van der Waals surface area contributed by atoms with Gasteiger partial charge in [-0.1, -0.05) is 6.92 Å². The number of halogens is 4. The molecule has 0 aliphatic rings. The summed E-state index contributed by atoms with van der Waals surface area (Å²) < 4.78 is 56.9. The Labute approximate surface area is 194 Å². The Balaban J connectivity index is 1.67. The molecule has 0 unspecified atom stereocenters. The number of hydrogen-bond acceptors (Lipinski definition) is 7. The maximum absolute atomic E-state index is 14.9. The predicted molar refractivity (Wildman–Crippen MR) is 117 cm³/mol. The molecular formula is C21H18F4N6O2S. The van der Waals surface area contributed by atoms with Gasteiger partial charge in [-0.3, -0.25) is 4.79 Å². The maximum atomic E-state index is 14.9. The van der Waals surface area contributed by atoms with E-state index in [9.17, 15) is 22.4 Å². The topological polar surface area (TPSA) is 109 Å². The van der Waals surface area contributed by atoms with Crippen molar-refractivity contribution in [2.75, 3.05) is 6.61 Å². The summed E-state index contributed by atoms with van der Waals surface area (Å²) in [6, 6.07) is 5.46. The number of alkyl halides is 3. The number of thiazole rings is 1. The molecular weight excluding hydrogens is 476 g/mol. The summed E-state index contributed by atoms with van der Waals surface area (Å²) in [5.41, 5.74) is 0.303. The summed E-state index contributed by atoms with van der Waals surface area (Å²) in [5.74, 6) is -0.487. The first kappa shape index (κ1) is 23.5. The van der Waals surface area contributed by atoms with Crippen molar-refractivity contribution >= 4 is 11.3 Å². The summed E-state index contributed by atoms with van der Waals surface area (Å²) in [7, 11) is 0. The predicted octanol–water partition coefficient (Wildman–Crippen LogP) is 4.77. The zero-order chi connectivity index (χ0) is 24.3. The summed E-state index contributed by atoms with van der Waals surface area (Å²) in [6.45, 7) is 1.77. The number of rotatable bonds is 8. The van der Waals surface area contributed by atoms with Crippen LogP contribution in [0.15, 0.2) is 35.3 Å². The Bertz CT molecular complexity index is 1330. The minimum absolute atomic E-state index is 0.0792. The van der Waals surface area contributed by atoms with Crippen molar-refractivity contribution < 1.29 is 22.3 Å². The molecule has 8 nitrogen and oxygen atoms in total. The second-order valence-corrected chi connectivity index (χ2v) is 8.36. The van der Waals surface area contributed by atoms with Crippen molar-refractivity contribution in [3.05, 3.63) is 51.5 Å². The van der Waals surface area contributed by atoms with Crippen molar-refractivity contribution in [3.63, 3.8) is 0 Å². The fourth-order valence-electron chi connectivity index (χ4n) is 3.24. The summed E-state index contributed by atoms with van der Waals surface area (Å²) in [6.07, 6.45) is -3.04. The highest BCUT2D eigenvalue weighted by molar-refractivity contribution is 7.15. The normalized spacial score (nSPS) is 11.7. The second-order valence-electron chi connectivity index (χ2n) is 7.24. The highest BCUT2D eigenvalue weighted by Gasteiger charge is 2.26. The first-order chi connectivity index (χ1) is 16.2. The van der Waals surface area contributed by atoms with Gasteiger partial charge in [0.15, 0.2) is 5.82 Å². The number of benzene rings is 1. The van der Waals surface area contributed by atoms with Crippen LogP contribution in [0.5, 0.6) is 5.75 Å². The largest absolute Gasteiger partial charge is 0.493 e. The average Bonchev–Trinajstić information content (AvgIpc) is 3.48. The number of ether oxygens (including phenoxy) is 1. The standard InChI is InChI=1S/C21H18F4N6O2S/c1-2-12-10-26-20(34-12)14-9-16(27-19(32)17(14)18-28-30-31-29-18)13-5-4-11(8-15(13)22)33-7-3-6-21(23,24)25/h4-5,8-10H,2-3,6-7H2,1H3,(H,27,32)(H,28,29,30,31). The molecule has 0 saturated heterocycles. The number of hydrogen-bond donors (Lipinski definition) is 2. The van der Waals surface area contributed by atoms with Crippen molar-refractivity contribution in [2.45, 2.75) is 32.4 Å². The first-order valence-electron chi connectivity index (χ1n) is 10.2. The lowest BCUT2D eigenvalue weighted by Gasteiger charge is -2.11. The highest BCUT2D eigenvalue weighted by atomic mass is 32.1. The van der Waals surface area contributed by atoms with Crippen LogP contribution >= 0.6 is 11.3 Å². The van der Waals surface area contributed by atoms with Gasteiger partial charge in [-0.2, -0.15) is 13.2 Å². The Morgan fingerprint density at radius 3 is 2.65 bits per heavy atom. The van der Waals surface area contributed by atoms with Gasteiger partial charge < -0.3 is 9.72 Å². The molecule has 0 saturated carbocycles. The smallest absolute Gasteiger partial charge is 0.389 e. The number of pyridine rings is 1. The molecule has 0 aliphatic heterocycles. The molecule has 0 radical (unpaired) electrons. The van der Waals surface area contributed by atoms with Crippen LogP contribution in [-0.2, 0) is 6.42 Å². The number of aromatic amines is 2. The molecule has 178 valence electrons. The molecule has 1 aromatic carbocycles. The number of aromatic nitrogens is 6. The van der Waals surface area contributed by atoms with E-state index in [2.05, 4.69) is 30.6 Å². The van der Waals surface area contributed by atoms with Crippen molar-refractivity contribution in [1.29, 1.82) is 0 Å². The van der Waals surface area contributed by atoms with Gasteiger partial charge in [-0.05, 0) is 41.5 Å². The van der Waals surface area contributed by atoms with Crippen molar-refractivity contribution in [1.82, 2.24) is 30.6 Å². The molecule has 13 heteroatoms. The molecule has 0 spiro atoms. The van der Waals surface area contributed by atoms with E-state index in [1.54, 1.807) is 12.3 Å². The zero-order valence-corrected chi connectivity index (χ0v) is 18.6. The molecule has 0 amide bonds. The van der Waals surface area contributed by atoms with Gasteiger partial charge in [-0.15, -0.1) is 16.4 Å². The Morgan fingerprint density at radius 1 is 1.18 bits per heavy atom. The van der Waals surface area contributed by atoms with Crippen LogP contribution in [-0.4, -0.2) is 43.4 Å². The van der Waals surface area contributed by atoms with Gasteiger partial charge in [0.05, 0.1) is 17.9 Å². The van der Waals surface area contributed by atoms with E-state index in [0.29, 0.717) is 10.6 Å². The van der Waals surface area contributed by atoms with Gasteiger partial charge in [0, 0.05) is 34.7 Å². The summed E-state index contributed by atoms with van der Waals surface area (Å²) in [5, 5.41) is 14.0. The Morgan fingerprint density at radius 2 is 2.00 bits per heavy atom. The zero-order valence-electron chi connectivity index (χ0n) is 17.7. The SMILES string of the molecule is CCc1cnc(-c2cc(-c3ccc(OCCCC(F)(F)F)cc3F)[nH]c(=O)c2-c2nnn[nH]2)s1. The van der Waals surface area contributed by atoms with Crippen LogP contribution in [0.4, 0.5) is 17.6 Å². The molecule has 4 rings (SSSR count). The van der Waals surface area contributed by atoms with E-state index >= 15 is 0 Å². The maximum Gasteiger partial charge on any atom is 0.389 e. The monoisotopic (exact) mass is 494 g/mol. The van der Waals surface area contributed by atoms with E-state index in [0.717, 1.165) is 17.4 Å². The van der Waals surface area contributed by atoms with Crippen LogP contribution in [0.2, 0.25) is 0 Å². The molecule has 0 bridgehead atoms. The average molecular weight is 494 g/mol. The van der Waals surface area contributed by atoms with Gasteiger partial charge in [0.1, 0.15) is 16.6 Å². The van der Waals surface area contributed by atoms with Crippen LogP contribution in [0.1, 0.15) is 24.6 Å². The van der Waals surface area contributed by atoms with Crippen LogP contribution < -0.4 is 10.3 Å². The molecule has 0 fully saturated rings. The molecule has 0 atom stereocenters. The van der Waals surface area contributed by atoms with Gasteiger partial charge in [0.25, 0.3) is 5.56 Å². The second kappa shape index (κ2) is 9.71. The lowest BCUT2D eigenvalue weighted by Crippen LogP contribution is -2.13. The summed E-state index contributed by atoms with van der Waals surface area (Å²) in [4.78, 5) is 21.0. The van der Waals surface area contributed by atoms with Crippen molar-refractivity contribution in [3.8, 4) is 39.0 Å². The number of aryl methyl sites for hydroxylation is 1. The highest BCUT2D eigenvalue weighted by Crippen LogP contribution is 2.34. The number of tetrazole rings is 1. The number of nitrogens with one attached hydrogen (secondary N) is 2. The lowest BCUT2D eigenvalue weighted by molar-refractivity contribution is -0.136. The molecule has 34 heavy (non-hydrogen) atoms. The van der Waals surface area contributed by atoms with Crippen molar-refractivity contribution in [2.24, 2.45) is 0 Å². The van der Waals surface area contributed by atoms with E-state index in [1.807, 2.05) is 6.92 Å². The van der Waals surface area contributed by atoms with E-state index in [4.69, 9.17) is 4.74 Å². The van der Waals surface area contributed by atoms with Gasteiger partial charge in [0.2, 0.25) is 0 Å². The lowest BCUT2D eigenvalue weighted by atomic mass is 10.0. The molecule has 2 N–H and O–H groups in total. The molecule has 3 aromatic heterocycles. The van der Waals surface area contributed by atoms with E-state index < -0.39 is 24.0 Å². The van der Waals surface area contributed by atoms with E-state index in [-0.39, 0.29) is 41.4 Å². The fraction of sp³-hybridized carbons (Fsp3) is 0.286. The quantitative estimate of drug-likeness (QED) is 0.270. The minimum atomic E-state index is -4.27. The third-order valence-electron chi connectivity index (χ3n) is 4.85. The van der Waals surface area contributed by atoms with Gasteiger partial charge >= 0.3 is 6.18 Å². The molecule has 3 heterocycles. The minimum Gasteiger partial charge on any atom is -0.493 e. The van der Waals surface area contributed by atoms with Crippen LogP contribution in [0, 0.1) is 5.82 Å². The summed E-state index contributed by atoms with van der Waals surface area (Å²) >= 11 is 1.39. The fourth-order valence-corrected chi connectivity index (χ4v) is 4.11.